The van der Waals surface area contributed by atoms with Gasteiger partial charge in [0.15, 0.2) is 0 Å². The van der Waals surface area contributed by atoms with Crippen molar-refractivity contribution in [3.8, 4) is 0 Å². The molecule has 2 N–H and O–H groups in total. The fourth-order valence-electron chi connectivity index (χ4n) is 6.43. The largest absolute Gasteiger partial charge is 0.349 e. The number of carbonyl (C=O) groups excluding carboxylic acids is 1. The van der Waals surface area contributed by atoms with Crippen molar-refractivity contribution >= 4 is 40.7 Å². The van der Waals surface area contributed by atoms with Crippen molar-refractivity contribution < 1.29 is 4.79 Å². The molecule has 2 aromatic carbocycles. The third-order valence-corrected chi connectivity index (χ3v) is 9.48. The molecule has 0 radical (unpaired) electrons. The average Bonchev–Trinajstić information content (AvgIpc) is 3.40. The van der Waals surface area contributed by atoms with E-state index in [4.69, 9.17) is 0 Å². The number of H-pyrrole nitrogens is 1. The maximum Gasteiger partial charge on any atom is 0.252 e. The summed E-state index contributed by atoms with van der Waals surface area (Å²) in [7, 11) is 0. The number of benzene rings is 2. The highest BCUT2D eigenvalue weighted by molar-refractivity contribution is 7.99. The highest BCUT2D eigenvalue weighted by Gasteiger charge is 2.33. The van der Waals surface area contributed by atoms with Gasteiger partial charge < -0.3 is 5.32 Å². The van der Waals surface area contributed by atoms with E-state index in [9.17, 15) is 4.79 Å². The molecule has 2 atom stereocenters. The summed E-state index contributed by atoms with van der Waals surface area (Å²) in [5, 5.41) is 12.2. The molecule has 2 aliphatic rings. The summed E-state index contributed by atoms with van der Waals surface area (Å²) in [6.07, 6.45) is 17.4. The van der Waals surface area contributed by atoms with Crippen LogP contribution in [0.5, 0.6) is 0 Å². The molecule has 5 nitrogen and oxygen atoms in total. The molecule has 2 aromatic heterocycles. The molecule has 1 amide bonds. The molecule has 4 aromatic rings. The molecule has 0 saturated heterocycles. The number of aromatic nitrogens is 3. The molecular formula is C33H36N4OS. The summed E-state index contributed by atoms with van der Waals surface area (Å²) in [6, 6.07) is 20.5. The van der Waals surface area contributed by atoms with Crippen molar-refractivity contribution in [3.63, 3.8) is 0 Å². The van der Waals surface area contributed by atoms with Crippen LogP contribution in [0.15, 0.2) is 76.7 Å². The lowest BCUT2D eigenvalue weighted by atomic mass is 9.71. The Morgan fingerprint density at radius 1 is 0.897 bits per heavy atom. The second-order valence-corrected chi connectivity index (χ2v) is 12.0. The van der Waals surface area contributed by atoms with E-state index in [1.807, 2.05) is 48.6 Å². The molecule has 0 spiro atoms. The van der Waals surface area contributed by atoms with Gasteiger partial charge in [0.25, 0.3) is 5.91 Å². The van der Waals surface area contributed by atoms with Crippen LogP contribution >= 0.6 is 11.8 Å². The van der Waals surface area contributed by atoms with Crippen molar-refractivity contribution in [2.45, 2.75) is 73.6 Å². The lowest BCUT2D eigenvalue weighted by molar-refractivity contribution is 0.0856. The summed E-state index contributed by atoms with van der Waals surface area (Å²) < 4.78 is 0. The van der Waals surface area contributed by atoms with Crippen LogP contribution in [-0.4, -0.2) is 27.1 Å². The Bertz CT molecular complexity index is 1440. The maximum atomic E-state index is 13.6. The number of hydrogen-bond acceptors (Lipinski definition) is 4. The van der Waals surface area contributed by atoms with Gasteiger partial charge in [-0.25, -0.2) is 0 Å². The zero-order chi connectivity index (χ0) is 26.4. The number of nitrogens with one attached hydrogen (secondary N) is 2. The van der Waals surface area contributed by atoms with Crippen LogP contribution in [-0.2, 0) is 0 Å². The molecular weight excluding hydrogens is 500 g/mol. The zero-order valence-electron chi connectivity index (χ0n) is 22.3. The molecule has 39 heavy (non-hydrogen) atoms. The Morgan fingerprint density at radius 2 is 1.72 bits per heavy atom. The molecule has 200 valence electrons. The molecule has 2 fully saturated rings. The average molecular weight is 537 g/mol. The van der Waals surface area contributed by atoms with Gasteiger partial charge in [-0.3, -0.25) is 14.9 Å². The number of hydrogen-bond donors (Lipinski definition) is 2. The Morgan fingerprint density at radius 3 is 2.59 bits per heavy atom. The predicted molar refractivity (Wildman–Crippen MR) is 160 cm³/mol. The third kappa shape index (κ3) is 6.11. The predicted octanol–water partition coefficient (Wildman–Crippen LogP) is 8.15. The summed E-state index contributed by atoms with van der Waals surface area (Å²) >= 11 is 1.63. The van der Waals surface area contributed by atoms with Crippen molar-refractivity contribution in [2.24, 2.45) is 11.8 Å². The SMILES string of the molecule is O=C(NC1CCCCC1C1CCCCC1)c1ccccc1Sc1ccc2c(/C=C/c3ccccn3)n[nH]c2c1. The minimum absolute atomic E-state index is 0.0652. The number of carbonyl (C=O) groups is 1. The van der Waals surface area contributed by atoms with Crippen molar-refractivity contribution in [1.82, 2.24) is 20.5 Å². The topological polar surface area (TPSA) is 70.7 Å². The number of amides is 1. The smallest absolute Gasteiger partial charge is 0.252 e. The van der Waals surface area contributed by atoms with Crippen LogP contribution in [0, 0.1) is 11.8 Å². The molecule has 0 aliphatic heterocycles. The summed E-state index contributed by atoms with van der Waals surface area (Å²) in [5.41, 5.74) is 3.51. The maximum absolute atomic E-state index is 13.6. The lowest BCUT2D eigenvalue weighted by Gasteiger charge is -2.39. The minimum atomic E-state index is 0.0652. The minimum Gasteiger partial charge on any atom is -0.349 e. The Balaban J connectivity index is 1.17. The van der Waals surface area contributed by atoms with Crippen LogP contribution in [0.3, 0.4) is 0 Å². The first kappa shape index (κ1) is 25.9. The van der Waals surface area contributed by atoms with Gasteiger partial charge in [0.1, 0.15) is 0 Å². The van der Waals surface area contributed by atoms with E-state index in [0.29, 0.717) is 12.0 Å². The van der Waals surface area contributed by atoms with Gasteiger partial charge in [-0.1, -0.05) is 74.9 Å². The van der Waals surface area contributed by atoms with E-state index < -0.39 is 0 Å². The van der Waals surface area contributed by atoms with Crippen LogP contribution < -0.4 is 5.32 Å². The first-order valence-corrected chi connectivity index (χ1v) is 15.2. The van der Waals surface area contributed by atoms with Gasteiger partial charge in [-0.15, -0.1) is 0 Å². The molecule has 0 bridgehead atoms. The number of aromatic amines is 1. The van der Waals surface area contributed by atoms with E-state index in [1.165, 1.54) is 51.4 Å². The summed E-state index contributed by atoms with van der Waals surface area (Å²) in [4.78, 5) is 20.0. The second-order valence-electron chi connectivity index (χ2n) is 10.9. The third-order valence-electron chi connectivity index (χ3n) is 8.41. The van der Waals surface area contributed by atoms with Gasteiger partial charge in [0.2, 0.25) is 0 Å². The zero-order valence-corrected chi connectivity index (χ0v) is 23.1. The molecule has 2 aliphatic carbocycles. The fraction of sp³-hybridized carbons (Fsp3) is 0.364. The standard InChI is InChI=1S/C33H36N4OS/c38-33(35-29-15-6-4-13-26(29)23-10-2-1-3-11-23)28-14-5-7-16-32(28)39-25-18-19-27-30(36-37-31(27)22-25)20-17-24-12-8-9-21-34-24/h5,7-9,12,14,16-23,26,29H,1-4,6,10-11,13,15H2,(H,35,38)(H,36,37)/b20-17+. The van der Waals surface area contributed by atoms with Crippen molar-refractivity contribution in [1.29, 1.82) is 0 Å². The summed E-state index contributed by atoms with van der Waals surface area (Å²) in [6.45, 7) is 0. The quantitative estimate of drug-likeness (QED) is 0.250. The van der Waals surface area contributed by atoms with Gasteiger partial charge in [0.05, 0.1) is 22.5 Å². The number of rotatable bonds is 7. The van der Waals surface area contributed by atoms with Crippen LogP contribution in [0.2, 0.25) is 0 Å². The van der Waals surface area contributed by atoms with E-state index >= 15 is 0 Å². The molecule has 2 saturated carbocycles. The first-order chi connectivity index (χ1) is 19.2. The van der Waals surface area contributed by atoms with Gasteiger partial charge >= 0.3 is 0 Å². The Kier molecular flexibility index (Phi) is 8.10. The normalized spacial score (nSPS) is 20.4. The molecule has 6 rings (SSSR count). The van der Waals surface area contributed by atoms with Crippen LogP contribution in [0.25, 0.3) is 23.1 Å². The summed E-state index contributed by atoms with van der Waals surface area (Å²) in [5.74, 6) is 1.47. The van der Waals surface area contributed by atoms with E-state index in [0.717, 1.165) is 50.0 Å². The second kappa shape index (κ2) is 12.2. The number of pyridine rings is 1. The van der Waals surface area contributed by atoms with E-state index in [1.54, 1.807) is 18.0 Å². The first-order valence-electron chi connectivity index (χ1n) is 14.4. The molecule has 6 heteroatoms. The molecule has 2 unspecified atom stereocenters. The van der Waals surface area contributed by atoms with Gasteiger partial charge in [-0.05, 0) is 79.3 Å². The van der Waals surface area contributed by atoms with Crippen molar-refractivity contribution in [2.75, 3.05) is 0 Å². The van der Waals surface area contributed by atoms with E-state index in [-0.39, 0.29) is 5.91 Å². The number of nitrogens with zero attached hydrogens (tertiary/aromatic N) is 2. The van der Waals surface area contributed by atoms with Crippen LogP contribution in [0.1, 0.15) is 79.5 Å². The highest BCUT2D eigenvalue weighted by Crippen LogP contribution is 2.39. The fourth-order valence-corrected chi connectivity index (χ4v) is 7.42. The monoisotopic (exact) mass is 536 g/mol. The molecule has 2 heterocycles. The van der Waals surface area contributed by atoms with Crippen molar-refractivity contribution in [3.05, 3.63) is 83.8 Å². The van der Waals surface area contributed by atoms with E-state index in [2.05, 4.69) is 44.8 Å². The van der Waals surface area contributed by atoms with Gasteiger partial charge in [0, 0.05) is 27.4 Å². The Labute approximate surface area is 234 Å². The Hall–Kier alpha value is -3.38. The lowest BCUT2D eigenvalue weighted by Crippen LogP contribution is -2.45. The number of fused-ring (bicyclic) bond motifs is 1. The highest BCUT2D eigenvalue weighted by atomic mass is 32.2. The van der Waals surface area contributed by atoms with Crippen LogP contribution in [0.4, 0.5) is 0 Å². The van der Waals surface area contributed by atoms with Gasteiger partial charge in [-0.2, -0.15) is 5.10 Å².